The Kier molecular flexibility index (Phi) is 6.91. The third kappa shape index (κ3) is 5.21. The minimum Gasteiger partial charge on any atom is -0.507 e. The van der Waals surface area contributed by atoms with Gasteiger partial charge < -0.3 is 20.2 Å². The van der Waals surface area contributed by atoms with Crippen molar-refractivity contribution >= 4 is 23.2 Å². The Morgan fingerprint density at radius 1 is 1.00 bits per heavy atom. The number of benzene rings is 2. The van der Waals surface area contributed by atoms with Gasteiger partial charge in [0.05, 0.1) is 22.2 Å². The molecule has 0 radical (unpaired) electrons. The molecule has 10 nitrogen and oxygen atoms in total. The lowest BCUT2D eigenvalue weighted by atomic mass is 10.1. The molecule has 0 aliphatic carbocycles. The summed E-state index contributed by atoms with van der Waals surface area (Å²) in [5.41, 5.74) is 1.24. The summed E-state index contributed by atoms with van der Waals surface area (Å²) < 4.78 is 0. The zero-order chi connectivity index (χ0) is 24.9. The molecule has 1 aromatic heterocycles. The van der Waals surface area contributed by atoms with Crippen LogP contribution in [-0.2, 0) is 0 Å². The quantitative estimate of drug-likeness (QED) is 0.413. The zero-order valence-corrected chi connectivity index (χ0v) is 19.1. The molecule has 35 heavy (non-hydrogen) atoms. The lowest BCUT2D eigenvalue weighted by Crippen LogP contribution is -2.50. The van der Waals surface area contributed by atoms with Gasteiger partial charge in [0.15, 0.2) is 0 Å². The Morgan fingerprint density at radius 2 is 1.66 bits per heavy atom. The normalized spacial score (nSPS) is 14.3. The zero-order valence-electron chi connectivity index (χ0n) is 19.1. The van der Waals surface area contributed by atoms with Crippen molar-refractivity contribution in [1.82, 2.24) is 14.8 Å². The van der Waals surface area contributed by atoms with Gasteiger partial charge in [-0.25, -0.2) is 0 Å². The highest BCUT2D eigenvalue weighted by Gasteiger charge is 2.28. The molecule has 1 unspecified atom stereocenters. The molecule has 1 saturated heterocycles. The Labute approximate surface area is 202 Å². The molecule has 10 heteroatoms. The smallest absolute Gasteiger partial charge is 0.293 e. The van der Waals surface area contributed by atoms with Crippen LogP contribution in [0.4, 0.5) is 11.4 Å². The second kappa shape index (κ2) is 10.2. The number of para-hydroxylation sites is 1. The molecule has 2 amide bonds. The van der Waals surface area contributed by atoms with Crippen LogP contribution in [0, 0.1) is 10.1 Å². The minimum atomic E-state index is -0.521. The molecule has 1 fully saturated rings. The number of phenolic OH excluding ortho intramolecular Hbond substituents is 1. The van der Waals surface area contributed by atoms with Gasteiger partial charge in [0.1, 0.15) is 11.4 Å². The molecule has 1 atom stereocenters. The van der Waals surface area contributed by atoms with Crippen molar-refractivity contribution in [3.05, 3.63) is 93.8 Å². The van der Waals surface area contributed by atoms with Crippen molar-refractivity contribution in [3.63, 3.8) is 0 Å². The maximum Gasteiger partial charge on any atom is 0.293 e. The number of hydrogen-bond donors (Lipinski definition) is 2. The first-order valence-electron chi connectivity index (χ1n) is 11.2. The van der Waals surface area contributed by atoms with Crippen LogP contribution in [0.2, 0.25) is 0 Å². The van der Waals surface area contributed by atoms with Crippen LogP contribution in [-0.4, -0.2) is 62.8 Å². The summed E-state index contributed by atoms with van der Waals surface area (Å²) >= 11 is 0. The van der Waals surface area contributed by atoms with Crippen LogP contribution in [0.15, 0.2) is 66.9 Å². The maximum absolute atomic E-state index is 13.1. The van der Waals surface area contributed by atoms with E-state index < -0.39 is 4.92 Å². The summed E-state index contributed by atoms with van der Waals surface area (Å²) in [7, 11) is 0. The van der Waals surface area contributed by atoms with E-state index in [2.05, 4.69) is 10.3 Å². The van der Waals surface area contributed by atoms with Crippen LogP contribution < -0.4 is 5.32 Å². The fourth-order valence-corrected chi connectivity index (χ4v) is 4.00. The maximum atomic E-state index is 13.1. The number of rotatable bonds is 6. The lowest BCUT2D eigenvalue weighted by molar-refractivity contribution is -0.384. The summed E-state index contributed by atoms with van der Waals surface area (Å²) in [6.45, 7) is 3.00. The molecule has 2 aromatic carbocycles. The number of hydrogen-bond acceptors (Lipinski definition) is 7. The van der Waals surface area contributed by atoms with E-state index in [0.29, 0.717) is 18.8 Å². The number of aromatic nitrogens is 1. The minimum absolute atomic E-state index is 0.0885. The second-order valence-corrected chi connectivity index (χ2v) is 8.21. The first-order chi connectivity index (χ1) is 16.8. The topological polar surface area (TPSA) is 129 Å². The van der Waals surface area contributed by atoms with Crippen LogP contribution >= 0.6 is 0 Å². The van der Waals surface area contributed by atoms with E-state index in [4.69, 9.17) is 0 Å². The average Bonchev–Trinajstić information content (AvgIpc) is 2.89. The third-order valence-electron chi connectivity index (χ3n) is 5.93. The van der Waals surface area contributed by atoms with E-state index in [1.165, 1.54) is 18.2 Å². The molecule has 2 N–H and O–H groups in total. The van der Waals surface area contributed by atoms with Crippen molar-refractivity contribution in [2.75, 3.05) is 31.5 Å². The standard InChI is InChI=1S/C25H25N5O5/c1-17(20-7-4-5-11-26-20)27-21-10-9-18(16-22(21)30(34)35)24(32)28-12-14-29(15-13-28)25(33)19-6-2-3-8-23(19)31/h2-11,16-17,27,31H,12-15H2,1H3. The van der Waals surface area contributed by atoms with Crippen LogP contribution in [0.1, 0.15) is 39.4 Å². The average molecular weight is 476 g/mol. The molecule has 0 spiro atoms. The highest BCUT2D eigenvalue weighted by molar-refractivity contribution is 5.98. The summed E-state index contributed by atoms with van der Waals surface area (Å²) in [5.74, 6) is -0.732. The van der Waals surface area contributed by atoms with Crippen LogP contribution in [0.5, 0.6) is 5.75 Å². The van der Waals surface area contributed by atoms with Crippen LogP contribution in [0.3, 0.4) is 0 Å². The van der Waals surface area contributed by atoms with Gasteiger partial charge in [0, 0.05) is 44.0 Å². The van der Waals surface area contributed by atoms with Gasteiger partial charge in [-0.1, -0.05) is 18.2 Å². The molecular weight excluding hydrogens is 450 g/mol. The molecule has 2 heterocycles. The number of carbonyl (C=O) groups is 2. The van der Waals surface area contributed by atoms with Crippen LogP contribution in [0.25, 0.3) is 0 Å². The number of nitro benzene ring substituents is 1. The van der Waals surface area contributed by atoms with E-state index in [0.717, 1.165) is 5.69 Å². The SMILES string of the molecule is CC(Nc1ccc(C(=O)N2CCN(C(=O)c3ccccc3O)CC2)cc1[N+](=O)[O-])c1ccccn1. The van der Waals surface area contributed by atoms with Gasteiger partial charge in [0.2, 0.25) is 0 Å². The van der Waals surface area contributed by atoms with Gasteiger partial charge >= 0.3 is 0 Å². The summed E-state index contributed by atoms with van der Waals surface area (Å²) in [6.07, 6.45) is 1.65. The molecule has 3 aromatic rings. The van der Waals surface area contributed by atoms with Gasteiger partial charge in [-0.3, -0.25) is 24.7 Å². The Bertz CT molecular complexity index is 1240. The van der Waals surface area contributed by atoms with Crippen molar-refractivity contribution < 1.29 is 19.6 Å². The number of phenols is 1. The van der Waals surface area contributed by atoms with Gasteiger partial charge in [-0.05, 0) is 43.3 Å². The molecule has 4 rings (SSSR count). The first kappa shape index (κ1) is 23.7. The largest absolute Gasteiger partial charge is 0.507 e. The van der Waals surface area contributed by atoms with E-state index in [1.54, 1.807) is 46.3 Å². The van der Waals surface area contributed by atoms with E-state index in [9.17, 15) is 24.8 Å². The van der Waals surface area contributed by atoms with Crippen molar-refractivity contribution in [2.24, 2.45) is 0 Å². The fourth-order valence-electron chi connectivity index (χ4n) is 4.00. The highest BCUT2D eigenvalue weighted by Crippen LogP contribution is 2.29. The number of amides is 2. The Hall–Kier alpha value is -4.47. The molecule has 0 saturated carbocycles. The van der Waals surface area contributed by atoms with E-state index in [1.807, 2.05) is 19.1 Å². The monoisotopic (exact) mass is 475 g/mol. The number of nitrogens with one attached hydrogen (secondary N) is 1. The second-order valence-electron chi connectivity index (χ2n) is 8.21. The van der Waals surface area contributed by atoms with Crippen molar-refractivity contribution in [2.45, 2.75) is 13.0 Å². The Morgan fingerprint density at radius 3 is 2.29 bits per heavy atom. The predicted molar refractivity (Wildman–Crippen MR) is 129 cm³/mol. The fraction of sp³-hybridized carbons (Fsp3) is 0.240. The Balaban J connectivity index is 1.44. The number of carbonyl (C=O) groups excluding carboxylic acids is 2. The first-order valence-corrected chi connectivity index (χ1v) is 11.2. The molecule has 0 bridgehead atoms. The summed E-state index contributed by atoms with van der Waals surface area (Å²) in [6, 6.07) is 15.9. The number of pyridine rings is 1. The number of nitro groups is 1. The lowest BCUT2D eigenvalue weighted by Gasteiger charge is -2.35. The van der Waals surface area contributed by atoms with Crippen molar-refractivity contribution in [1.29, 1.82) is 0 Å². The molecule has 1 aliphatic heterocycles. The van der Waals surface area contributed by atoms with Gasteiger partial charge in [-0.15, -0.1) is 0 Å². The van der Waals surface area contributed by atoms with Crippen molar-refractivity contribution in [3.8, 4) is 5.75 Å². The third-order valence-corrected chi connectivity index (χ3v) is 5.93. The molecular formula is C25H25N5O5. The molecule has 180 valence electrons. The highest BCUT2D eigenvalue weighted by atomic mass is 16.6. The van der Waals surface area contributed by atoms with Gasteiger partial charge in [-0.2, -0.15) is 0 Å². The molecule has 1 aliphatic rings. The predicted octanol–water partition coefficient (Wildman–Crippen LogP) is 3.47. The van der Waals surface area contributed by atoms with E-state index >= 15 is 0 Å². The number of aromatic hydroxyl groups is 1. The van der Waals surface area contributed by atoms with E-state index in [-0.39, 0.29) is 53.5 Å². The number of anilines is 1. The van der Waals surface area contributed by atoms with Gasteiger partial charge in [0.25, 0.3) is 17.5 Å². The summed E-state index contributed by atoms with van der Waals surface area (Å²) in [5, 5.41) is 24.8. The number of piperazine rings is 1. The number of nitrogens with zero attached hydrogens (tertiary/aromatic N) is 4. The summed E-state index contributed by atoms with van der Waals surface area (Å²) in [4.78, 5) is 44.4.